The first-order valence-corrected chi connectivity index (χ1v) is 13.5. The molecule has 0 fully saturated rings. The lowest BCUT2D eigenvalue weighted by Gasteiger charge is -2.22. The molecule has 0 amide bonds. The highest BCUT2D eigenvalue weighted by molar-refractivity contribution is 8.02. The molecule has 186 valence electrons. The van der Waals surface area contributed by atoms with Gasteiger partial charge in [-0.3, -0.25) is 4.79 Å². The first kappa shape index (κ1) is 29.8. The lowest BCUT2D eigenvalue weighted by molar-refractivity contribution is -0.138. The third-order valence-electron chi connectivity index (χ3n) is 5.44. The van der Waals surface area contributed by atoms with E-state index in [0.717, 1.165) is 53.9 Å². The molecule has 9 heteroatoms. The maximum Gasteiger partial charge on any atom is 1.00 e. The van der Waals surface area contributed by atoms with Crippen LogP contribution < -0.4 is 21.9 Å². The molecule has 0 bridgehead atoms. The van der Waals surface area contributed by atoms with Crippen molar-refractivity contribution < 1.29 is 28.3 Å². The summed E-state index contributed by atoms with van der Waals surface area (Å²) in [5.41, 5.74) is 2.14. The quantitative estimate of drug-likeness (QED) is 0.250. The van der Waals surface area contributed by atoms with Gasteiger partial charge in [0.05, 0.1) is 5.69 Å². The predicted molar refractivity (Wildman–Crippen MR) is 136 cm³/mol. The topological polar surface area (TPSA) is 79.2 Å². The van der Waals surface area contributed by atoms with Gasteiger partial charge < -0.3 is 27.0 Å². The zero-order valence-electron chi connectivity index (χ0n) is 21.3. The van der Waals surface area contributed by atoms with E-state index in [1.165, 1.54) is 61.6 Å². The van der Waals surface area contributed by atoms with Gasteiger partial charge in [0, 0.05) is 37.3 Å². The second kappa shape index (κ2) is 15.7. The summed E-state index contributed by atoms with van der Waals surface area (Å²) in [4.78, 5) is 27.5. The van der Waals surface area contributed by atoms with Crippen LogP contribution in [0.4, 0.5) is 5.95 Å². The van der Waals surface area contributed by atoms with E-state index in [0.29, 0.717) is 0 Å². The summed E-state index contributed by atoms with van der Waals surface area (Å²) >= 11 is 2.82. The van der Waals surface area contributed by atoms with Crippen LogP contribution in [-0.2, 0) is 17.6 Å². The Morgan fingerprint density at radius 1 is 1.09 bits per heavy atom. The molecule has 0 saturated carbocycles. The molecule has 2 aromatic rings. The van der Waals surface area contributed by atoms with Crippen LogP contribution in [-0.4, -0.2) is 43.9 Å². The van der Waals surface area contributed by atoms with Crippen molar-refractivity contribution in [1.29, 1.82) is 0 Å². The van der Waals surface area contributed by atoms with Crippen LogP contribution in [0.2, 0.25) is 0 Å². The van der Waals surface area contributed by atoms with Crippen molar-refractivity contribution in [2.24, 2.45) is 0 Å². The number of carboxylic acid groups (broad SMARTS) is 1. The molecule has 0 spiro atoms. The van der Waals surface area contributed by atoms with Crippen molar-refractivity contribution in [2.75, 3.05) is 18.0 Å². The number of anilines is 1. The molecule has 6 nitrogen and oxygen atoms in total. The van der Waals surface area contributed by atoms with E-state index in [9.17, 15) is 9.90 Å². The number of rotatable bonds is 16. The smallest absolute Gasteiger partial charge is 1.00 e. The van der Waals surface area contributed by atoms with Crippen LogP contribution in [0.3, 0.4) is 0 Å². The van der Waals surface area contributed by atoms with E-state index in [2.05, 4.69) is 33.7 Å². The Morgan fingerprint density at radius 2 is 1.73 bits per heavy atom. The molecule has 0 unspecified atom stereocenters. The Morgan fingerprint density at radius 3 is 2.33 bits per heavy atom. The van der Waals surface area contributed by atoms with Crippen LogP contribution in [0.25, 0.3) is 0 Å². The monoisotopic (exact) mass is 558 g/mol. The zero-order valence-corrected chi connectivity index (χ0v) is 23.6. The summed E-state index contributed by atoms with van der Waals surface area (Å²) in [6, 6.07) is 0. The van der Waals surface area contributed by atoms with Crippen LogP contribution in [0.5, 0.6) is 0 Å². The molecular formula is C24H39BrN4O2S2. The SMILES string of the molecule is CCCCCCCCCN(CCc1csc(SC(C)(C)C(=O)O)n1)c1ncc(CC)cn1.[Br-].[H+]. The number of carboxylic acids is 1. The molecule has 33 heavy (non-hydrogen) atoms. The molecule has 2 aromatic heterocycles. The molecule has 0 aromatic carbocycles. The number of thioether (sulfide) groups is 1. The minimum Gasteiger partial charge on any atom is -1.00 e. The Hall–Kier alpha value is -1.19. The number of carbonyl (C=O) groups is 1. The van der Waals surface area contributed by atoms with Gasteiger partial charge >= 0.3 is 7.40 Å². The Bertz CT molecular complexity index is 822. The first-order chi connectivity index (χ1) is 15.4. The molecule has 0 aliphatic rings. The number of nitrogens with zero attached hydrogens (tertiary/aromatic N) is 4. The molecule has 0 radical (unpaired) electrons. The minimum atomic E-state index is -0.882. The fourth-order valence-electron chi connectivity index (χ4n) is 3.23. The van der Waals surface area contributed by atoms with E-state index in [-0.39, 0.29) is 18.4 Å². The Balaban J connectivity index is 0.00000544. The third-order valence-corrected chi connectivity index (χ3v) is 7.61. The van der Waals surface area contributed by atoms with Crippen molar-refractivity contribution in [2.45, 2.75) is 94.6 Å². The average molecular weight is 560 g/mol. The fraction of sp³-hybridized carbons (Fsp3) is 0.667. The maximum atomic E-state index is 11.4. The number of aromatic nitrogens is 3. The number of aryl methyl sites for hydroxylation is 1. The summed E-state index contributed by atoms with van der Waals surface area (Å²) in [5, 5.41) is 11.4. The van der Waals surface area contributed by atoms with E-state index in [1.807, 2.05) is 17.8 Å². The second-order valence-electron chi connectivity index (χ2n) is 8.63. The lowest BCUT2D eigenvalue weighted by Crippen LogP contribution is -3.00. The normalized spacial score (nSPS) is 11.3. The highest BCUT2D eigenvalue weighted by Gasteiger charge is 2.29. The average Bonchev–Trinajstić information content (AvgIpc) is 3.21. The van der Waals surface area contributed by atoms with Gasteiger partial charge in [-0.25, -0.2) is 15.0 Å². The van der Waals surface area contributed by atoms with Gasteiger partial charge in [-0.05, 0) is 32.3 Å². The number of thiazole rings is 1. The fourth-order valence-corrected chi connectivity index (χ4v) is 5.45. The van der Waals surface area contributed by atoms with Gasteiger partial charge in [0.15, 0.2) is 4.34 Å². The van der Waals surface area contributed by atoms with E-state index < -0.39 is 10.7 Å². The number of hydrogen-bond acceptors (Lipinski definition) is 7. The molecule has 2 rings (SSSR count). The number of hydrogen-bond donors (Lipinski definition) is 1. The van der Waals surface area contributed by atoms with Gasteiger partial charge in [0.1, 0.15) is 4.75 Å². The van der Waals surface area contributed by atoms with Crippen LogP contribution in [0.15, 0.2) is 22.1 Å². The summed E-state index contributed by atoms with van der Waals surface area (Å²) in [6.07, 6.45) is 14.5. The van der Waals surface area contributed by atoms with Gasteiger partial charge in [0.25, 0.3) is 0 Å². The van der Waals surface area contributed by atoms with Crippen LogP contribution in [0.1, 0.15) is 85.3 Å². The molecule has 1 N–H and O–H groups in total. The summed E-state index contributed by atoms with van der Waals surface area (Å²) < 4.78 is -0.0813. The predicted octanol–water partition coefficient (Wildman–Crippen LogP) is 3.37. The molecule has 0 saturated heterocycles. The first-order valence-electron chi connectivity index (χ1n) is 11.8. The van der Waals surface area contributed by atoms with Crippen molar-refractivity contribution >= 4 is 35.0 Å². The largest absolute Gasteiger partial charge is 1.00 e. The summed E-state index contributed by atoms with van der Waals surface area (Å²) in [7, 11) is 0. The number of aliphatic carboxylic acids is 1. The van der Waals surface area contributed by atoms with Gasteiger partial charge in [-0.1, -0.05) is 64.1 Å². The van der Waals surface area contributed by atoms with Gasteiger partial charge in [-0.2, -0.15) is 0 Å². The number of unbranched alkanes of at least 4 members (excludes halogenated alkanes) is 6. The minimum absolute atomic E-state index is 0. The van der Waals surface area contributed by atoms with E-state index in [4.69, 9.17) is 0 Å². The maximum absolute atomic E-state index is 11.4. The van der Waals surface area contributed by atoms with Crippen molar-refractivity contribution in [3.05, 3.63) is 29.0 Å². The Labute approximate surface area is 219 Å². The standard InChI is InChI=1S/C24H38N4O2S2.BrH/c1-5-7-8-9-10-11-12-14-28(22-25-16-19(6-2)17-26-22)15-13-20-18-31-23(27-20)32-24(3,4)21(29)30;/h16-18H,5-15H2,1-4H3,(H,29,30);1H. The number of halogens is 1. The third kappa shape index (κ3) is 10.7. The summed E-state index contributed by atoms with van der Waals surface area (Å²) in [5.74, 6) is -0.0437. The summed E-state index contributed by atoms with van der Waals surface area (Å²) in [6.45, 7) is 9.52. The molecule has 0 aliphatic carbocycles. The van der Waals surface area contributed by atoms with Gasteiger partial charge in [-0.15, -0.1) is 11.3 Å². The van der Waals surface area contributed by atoms with Crippen molar-refractivity contribution in [3.8, 4) is 0 Å². The lowest BCUT2D eigenvalue weighted by atomic mass is 10.1. The van der Waals surface area contributed by atoms with Crippen molar-refractivity contribution in [3.63, 3.8) is 0 Å². The zero-order chi connectivity index (χ0) is 23.4. The molecular weight excluding hydrogens is 520 g/mol. The van der Waals surface area contributed by atoms with Crippen LogP contribution >= 0.6 is 23.1 Å². The second-order valence-corrected chi connectivity index (χ2v) is 11.4. The highest BCUT2D eigenvalue weighted by Crippen LogP contribution is 2.34. The van der Waals surface area contributed by atoms with Crippen LogP contribution in [0, 0.1) is 0 Å². The molecule has 0 atom stereocenters. The molecule has 0 aliphatic heterocycles. The highest BCUT2D eigenvalue weighted by atomic mass is 79.9. The van der Waals surface area contributed by atoms with E-state index >= 15 is 0 Å². The molecule has 2 heterocycles. The van der Waals surface area contributed by atoms with Gasteiger partial charge in [0.2, 0.25) is 5.95 Å². The van der Waals surface area contributed by atoms with Crippen molar-refractivity contribution in [1.82, 2.24) is 15.0 Å². The Kier molecular flexibility index (Phi) is 14.2. The van der Waals surface area contributed by atoms with E-state index in [1.54, 1.807) is 13.8 Å².